The minimum Gasteiger partial charge on any atom is -0.444 e. The first-order chi connectivity index (χ1) is 13.3. The number of alkyl carbamates (subject to hydrolysis) is 1. The summed E-state index contributed by atoms with van der Waals surface area (Å²) in [6.45, 7) is 8.56. The first-order valence-corrected chi connectivity index (χ1v) is 10.8. The Hall–Kier alpha value is -2.39. The van der Waals surface area contributed by atoms with E-state index < -0.39 is 39.7 Å². The van der Waals surface area contributed by atoms with Crippen LogP contribution in [0, 0.1) is 0 Å². The number of carbonyl (C=O) groups is 2. The van der Waals surface area contributed by atoms with E-state index >= 15 is 0 Å². The molecule has 0 aliphatic heterocycles. The van der Waals surface area contributed by atoms with Gasteiger partial charge in [0.15, 0.2) is 0 Å². The lowest BCUT2D eigenvalue weighted by Gasteiger charge is -2.22. The van der Waals surface area contributed by atoms with Crippen LogP contribution in [0.3, 0.4) is 0 Å². The van der Waals surface area contributed by atoms with Gasteiger partial charge in [0.1, 0.15) is 11.6 Å². The molecule has 0 heterocycles. The topological polar surface area (TPSA) is 105 Å². The van der Waals surface area contributed by atoms with E-state index in [4.69, 9.17) is 4.74 Å². The number of nitrogens with zero attached hydrogens (tertiary/aromatic N) is 1. The van der Waals surface area contributed by atoms with E-state index in [1.54, 1.807) is 27.7 Å². The number of ether oxygens (including phenoxy) is 1. The highest BCUT2D eigenvalue weighted by Crippen LogP contribution is 2.09. The van der Waals surface area contributed by atoms with E-state index in [2.05, 4.69) is 10.6 Å². The van der Waals surface area contributed by atoms with Gasteiger partial charge < -0.3 is 15.4 Å². The molecule has 0 fully saturated rings. The minimum atomic E-state index is -3.64. The Kier molecular flexibility index (Phi) is 8.84. The summed E-state index contributed by atoms with van der Waals surface area (Å²) < 4.78 is 31.1. The van der Waals surface area contributed by atoms with Gasteiger partial charge in [-0.05, 0) is 46.3 Å². The zero-order valence-corrected chi connectivity index (χ0v) is 18.6. The van der Waals surface area contributed by atoms with Crippen molar-refractivity contribution in [3.05, 3.63) is 47.4 Å². The van der Waals surface area contributed by atoms with Crippen molar-refractivity contribution < 1.29 is 22.7 Å². The average molecular weight is 426 g/mol. The molecule has 0 aliphatic rings. The highest BCUT2D eigenvalue weighted by molar-refractivity contribution is 7.92. The zero-order chi connectivity index (χ0) is 22.2. The molecule has 0 saturated carbocycles. The fourth-order valence-electron chi connectivity index (χ4n) is 2.20. The third-order valence-corrected chi connectivity index (χ3v) is 5.22. The van der Waals surface area contributed by atoms with Crippen molar-refractivity contribution in [1.29, 1.82) is 0 Å². The molecule has 0 saturated heterocycles. The van der Waals surface area contributed by atoms with Crippen LogP contribution >= 0.6 is 0 Å². The molecule has 0 unspecified atom stereocenters. The zero-order valence-electron chi connectivity index (χ0n) is 17.8. The van der Waals surface area contributed by atoms with Crippen molar-refractivity contribution >= 4 is 22.0 Å². The van der Waals surface area contributed by atoms with Gasteiger partial charge in [-0.1, -0.05) is 30.3 Å². The molecule has 0 spiro atoms. The molecule has 2 N–H and O–H groups in total. The first-order valence-electron chi connectivity index (χ1n) is 9.28. The highest BCUT2D eigenvalue weighted by atomic mass is 32.2. The normalized spacial score (nSPS) is 14.4. The molecule has 0 aliphatic carbocycles. The van der Waals surface area contributed by atoms with Crippen LogP contribution in [0.5, 0.6) is 0 Å². The fourth-order valence-corrected chi connectivity index (χ4v) is 3.17. The molecule has 1 aromatic rings. The van der Waals surface area contributed by atoms with Crippen LogP contribution in [-0.2, 0) is 26.1 Å². The van der Waals surface area contributed by atoms with Gasteiger partial charge in [0, 0.05) is 25.0 Å². The number of sulfonamides is 1. The third-order valence-electron chi connectivity index (χ3n) is 3.72. The van der Waals surface area contributed by atoms with Gasteiger partial charge >= 0.3 is 6.09 Å². The Balaban J connectivity index is 2.58. The van der Waals surface area contributed by atoms with E-state index in [0.29, 0.717) is 0 Å². The molecular weight excluding hydrogens is 394 g/mol. The van der Waals surface area contributed by atoms with Gasteiger partial charge in [-0.3, -0.25) is 4.79 Å². The standard InChI is InChI=1S/C20H31N3O5S/c1-15(21-18(24)16(2)22-19(25)28-20(3,4)5)12-13-29(26,27)23(6)14-17-10-8-7-9-11-17/h7-13,15-16H,14H2,1-6H3,(H,21,24)(H,22,25)/b13-12+/t15-,16-/m0/s1. The Morgan fingerprint density at radius 2 is 1.72 bits per heavy atom. The predicted molar refractivity (Wildman–Crippen MR) is 112 cm³/mol. The van der Waals surface area contributed by atoms with Crippen molar-refractivity contribution in [1.82, 2.24) is 14.9 Å². The van der Waals surface area contributed by atoms with Gasteiger partial charge in [0.25, 0.3) is 0 Å². The van der Waals surface area contributed by atoms with Gasteiger partial charge in [0.2, 0.25) is 15.9 Å². The van der Waals surface area contributed by atoms with E-state index in [-0.39, 0.29) is 6.54 Å². The monoisotopic (exact) mass is 425 g/mol. The minimum absolute atomic E-state index is 0.241. The summed E-state index contributed by atoms with van der Waals surface area (Å²) in [7, 11) is -2.15. The molecule has 9 heteroatoms. The molecule has 0 bridgehead atoms. The summed E-state index contributed by atoms with van der Waals surface area (Å²) in [5.74, 6) is -0.456. The molecule has 8 nitrogen and oxygen atoms in total. The van der Waals surface area contributed by atoms with Crippen LogP contribution < -0.4 is 10.6 Å². The molecule has 1 rings (SSSR count). The fraction of sp³-hybridized carbons (Fsp3) is 0.500. The Morgan fingerprint density at radius 3 is 2.28 bits per heavy atom. The molecule has 2 atom stereocenters. The van der Waals surface area contributed by atoms with Crippen molar-refractivity contribution in [3.63, 3.8) is 0 Å². The highest BCUT2D eigenvalue weighted by Gasteiger charge is 2.22. The maximum atomic E-state index is 12.4. The van der Waals surface area contributed by atoms with Gasteiger partial charge in [0.05, 0.1) is 0 Å². The number of nitrogens with one attached hydrogen (secondary N) is 2. The van der Waals surface area contributed by atoms with Crippen molar-refractivity contribution in [2.75, 3.05) is 7.05 Å². The summed E-state index contributed by atoms with van der Waals surface area (Å²) in [6.07, 6.45) is 0.683. The predicted octanol–water partition coefficient (Wildman–Crippen LogP) is 2.38. The van der Waals surface area contributed by atoms with E-state index in [9.17, 15) is 18.0 Å². The van der Waals surface area contributed by atoms with Gasteiger partial charge in [-0.25, -0.2) is 13.2 Å². The van der Waals surface area contributed by atoms with Crippen LogP contribution in [0.4, 0.5) is 4.79 Å². The largest absolute Gasteiger partial charge is 0.444 e. The first kappa shape index (κ1) is 24.6. The van der Waals surface area contributed by atoms with Crippen LogP contribution in [0.1, 0.15) is 40.2 Å². The SMILES string of the molecule is C[C@H](NC(=O)OC(C)(C)C)C(=O)N[C@@H](C)/C=C/S(=O)(=O)N(C)Cc1ccccc1. The number of rotatable bonds is 8. The van der Waals surface area contributed by atoms with E-state index in [1.165, 1.54) is 24.4 Å². The maximum Gasteiger partial charge on any atom is 0.408 e. The lowest BCUT2D eigenvalue weighted by molar-refractivity contribution is -0.123. The molecule has 0 radical (unpaired) electrons. The van der Waals surface area contributed by atoms with E-state index in [1.807, 2.05) is 30.3 Å². The summed E-state index contributed by atoms with van der Waals surface area (Å²) >= 11 is 0. The lowest BCUT2D eigenvalue weighted by Crippen LogP contribution is -2.48. The second-order valence-corrected chi connectivity index (χ2v) is 9.71. The van der Waals surface area contributed by atoms with E-state index in [0.717, 1.165) is 11.0 Å². The number of hydrogen-bond donors (Lipinski definition) is 2. The van der Waals surface area contributed by atoms with Gasteiger partial charge in [-0.2, -0.15) is 4.31 Å². The molecular formula is C20H31N3O5S. The quantitative estimate of drug-likeness (QED) is 0.665. The van der Waals surface area contributed by atoms with Crippen LogP contribution in [0.2, 0.25) is 0 Å². The maximum absolute atomic E-state index is 12.4. The summed E-state index contributed by atoms with van der Waals surface area (Å²) in [6, 6.07) is 7.85. The molecule has 2 amide bonds. The number of benzene rings is 1. The smallest absolute Gasteiger partial charge is 0.408 e. The molecule has 1 aromatic carbocycles. The Labute approximate surface area is 173 Å². The average Bonchev–Trinajstić information content (AvgIpc) is 2.59. The molecule has 162 valence electrons. The lowest BCUT2D eigenvalue weighted by atomic mass is 10.2. The summed E-state index contributed by atoms with van der Waals surface area (Å²) in [4.78, 5) is 23.9. The van der Waals surface area contributed by atoms with Crippen LogP contribution in [0.15, 0.2) is 41.8 Å². The second-order valence-electron chi connectivity index (χ2n) is 7.78. The number of hydrogen-bond acceptors (Lipinski definition) is 5. The third kappa shape index (κ3) is 9.58. The van der Waals surface area contributed by atoms with Crippen molar-refractivity contribution in [2.24, 2.45) is 0 Å². The Morgan fingerprint density at radius 1 is 1.14 bits per heavy atom. The number of amides is 2. The summed E-state index contributed by atoms with van der Waals surface area (Å²) in [5.41, 5.74) is 0.201. The number of carbonyl (C=O) groups excluding carboxylic acids is 2. The van der Waals surface area contributed by atoms with Crippen LogP contribution in [-0.4, -0.2) is 49.5 Å². The van der Waals surface area contributed by atoms with Crippen LogP contribution in [0.25, 0.3) is 0 Å². The molecule has 0 aromatic heterocycles. The Bertz CT molecular complexity index is 816. The van der Waals surface area contributed by atoms with Crippen molar-refractivity contribution in [2.45, 2.75) is 58.8 Å². The summed E-state index contributed by atoms with van der Waals surface area (Å²) in [5, 5.41) is 6.13. The second kappa shape index (κ2) is 10.4. The van der Waals surface area contributed by atoms with Crippen molar-refractivity contribution in [3.8, 4) is 0 Å². The van der Waals surface area contributed by atoms with Gasteiger partial charge in [-0.15, -0.1) is 0 Å². The molecule has 29 heavy (non-hydrogen) atoms.